The van der Waals surface area contributed by atoms with Gasteiger partial charge in [0.05, 0.1) is 6.26 Å². The number of hydrogen-bond acceptors (Lipinski definition) is 3. The Morgan fingerprint density at radius 3 is 3.19 bits per heavy atom. The largest absolute Gasteiger partial charge is 0.469 e. The van der Waals surface area contributed by atoms with E-state index in [1.165, 1.54) is 12.8 Å². The number of ether oxygens (including phenoxy) is 1. The Morgan fingerprint density at radius 2 is 2.50 bits per heavy atom. The minimum absolute atomic E-state index is 0.480. The smallest absolute Gasteiger partial charge is 0.105 e. The van der Waals surface area contributed by atoms with Gasteiger partial charge in [-0.3, -0.25) is 0 Å². The fraction of sp³-hybridized carbons (Fsp3) is 0.692. The van der Waals surface area contributed by atoms with E-state index in [0.717, 1.165) is 37.9 Å². The SMILES string of the molecule is CC(Cc1ccco1)NCCC1CCOC1. The van der Waals surface area contributed by atoms with Crippen LogP contribution in [-0.4, -0.2) is 25.8 Å². The van der Waals surface area contributed by atoms with Crippen molar-refractivity contribution in [3.8, 4) is 0 Å². The molecule has 0 aromatic carbocycles. The molecule has 2 rings (SSSR count). The summed E-state index contributed by atoms with van der Waals surface area (Å²) in [5, 5.41) is 3.53. The summed E-state index contributed by atoms with van der Waals surface area (Å²) in [5.74, 6) is 1.83. The number of nitrogens with one attached hydrogen (secondary N) is 1. The molecule has 0 amide bonds. The minimum Gasteiger partial charge on any atom is -0.469 e. The zero-order valence-corrected chi connectivity index (χ0v) is 9.95. The van der Waals surface area contributed by atoms with Gasteiger partial charge in [0.15, 0.2) is 0 Å². The van der Waals surface area contributed by atoms with Gasteiger partial charge in [0.1, 0.15) is 5.76 Å². The molecule has 0 radical (unpaired) electrons. The third kappa shape index (κ3) is 3.65. The highest BCUT2D eigenvalue weighted by Gasteiger charge is 2.15. The second-order valence-electron chi connectivity index (χ2n) is 4.66. The van der Waals surface area contributed by atoms with Crippen molar-refractivity contribution in [3.05, 3.63) is 24.2 Å². The van der Waals surface area contributed by atoms with Crippen molar-refractivity contribution in [2.75, 3.05) is 19.8 Å². The van der Waals surface area contributed by atoms with Crippen molar-refractivity contribution in [1.29, 1.82) is 0 Å². The minimum atomic E-state index is 0.480. The molecule has 2 atom stereocenters. The molecule has 1 saturated heterocycles. The first-order valence-corrected chi connectivity index (χ1v) is 6.18. The Labute approximate surface area is 97.2 Å². The molecule has 0 saturated carbocycles. The first-order valence-electron chi connectivity index (χ1n) is 6.18. The van der Waals surface area contributed by atoms with E-state index < -0.39 is 0 Å². The molecule has 2 heterocycles. The zero-order chi connectivity index (χ0) is 11.2. The Balaban J connectivity index is 1.58. The Bertz CT molecular complexity index is 278. The van der Waals surface area contributed by atoms with Crippen LogP contribution in [0.15, 0.2) is 22.8 Å². The van der Waals surface area contributed by atoms with Crippen molar-refractivity contribution >= 4 is 0 Å². The van der Waals surface area contributed by atoms with Gasteiger partial charge in [-0.2, -0.15) is 0 Å². The summed E-state index contributed by atoms with van der Waals surface area (Å²) in [4.78, 5) is 0. The molecule has 1 aromatic heterocycles. The molecule has 3 heteroatoms. The third-order valence-corrected chi connectivity index (χ3v) is 3.16. The maximum atomic E-state index is 5.36. The van der Waals surface area contributed by atoms with Gasteiger partial charge in [-0.15, -0.1) is 0 Å². The lowest BCUT2D eigenvalue weighted by molar-refractivity contribution is 0.184. The molecule has 1 fully saturated rings. The molecule has 16 heavy (non-hydrogen) atoms. The average Bonchev–Trinajstić information content (AvgIpc) is 2.90. The van der Waals surface area contributed by atoms with E-state index in [9.17, 15) is 0 Å². The summed E-state index contributed by atoms with van der Waals surface area (Å²) >= 11 is 0. The molecule has 1 aliphatic rings. The topological polar surface area (TPSA) is 34.4 Å². The molecule has 90 valence electrons. The quantitative estimate of drug-likeness (QED) is 0.803. The maximum absolute atomic E-state index is 5.36. The van der Waals surface area contributed by atoms with Crippen LogP contribution in [0.4, 0.5) is 0 Å². The third-order valence-electron chi connectivity index (χ3n) is 3.16. The standard InChI is InChI=1S/C13H21NO2/c1-11(9-13-3-2-7-16-13)14-6-4-12-5-8-15-10-12/h2-3,7,11-12,14H,4-6,8-10H2,1H3. The molecule has 0 spiro atoms. The van der Waals surface area contributed by atoms with Crippen molar-refractivity contribution in [2.24, 2.45) is 5.92 Å². The summed E-state index contributed by atoms with van der Waals surface area (Å²) in [7, 11) is 0. The molecule has 0 bridgehead atoms. The average molecular weight is 223 g/mol. The summed E-state index contributed by atoms with van der Waals surface area (Å²) in [6, 6.07) is 4.45. The summed E-state index contributed by atoms with van der Waals surface area (Å²) in [6.07, 6.45) is 5.16. The second kappa shape index (κ2) is 6.06. The van der Waals surface area contributed by atoms with Crippen LogP contribution in [0.25, 0.3) is 0 Å². The van der Waals surface area contributed by atoms with Crippen molar-refractivity contribution in [1.82, 2.24) is 5.32 Å². The molecule has 1 N–H and O–H groups in total. The van der Waals surface area contributed by atoms with Gasteiger partial charge in [-0.1, -0.05) is 0 Å². The van der Waals surface area contributed by atoms with E-state index >= 15 is 0 Å². The predicted molar refractivity (Wildman–Crippen MR) is 63.4 cm³/mol. The van der Waals surface area contributed by atoms with Crippen LogP contribution in [0.1, 0.15) is 25.5 Å². The number of rotatable bonds is 6. The monoisotopic (exact) mass is 223 g/mol. The molecular formula is C13H21NO2. The lowest BCUT2D eigenvalue weighted by atomic mass is 10.0. The van der Waals surface area contributed by atoms with Crippen LogP contribution in [0.5, 0.6) is 0 Å². The zero-order valence-electron chi connectivity index (χ0n) is 9.95. The normalized spacial score (nSPS) is 22.4. The van der Waals surface area contributed by atoms with Crippen LogP contribution in [0, 0.1) is 5.92 Å². The van der Waals surface area contributed by atoms with E-state index in [0.29, 0.717) is 6.04 Å². The first-order chi connectivity index (χ1) is 7.84. The second-order valence-corrected chi connectivity index (χ2v) is 4.66. The van der Waals surface area contributed by atoms with Crippen molar-refractivity contribution < 1.29 is 9.15 Å². The van der Waals surface area contributed by atoms with Crippen molar-refractivity contribution in [2.45, 2.75) is 32.2 Å². The van der Waals surface area contributed by atoms with E-state index in [2.05, 4.69) is 12.2 Å². The first kappa shape index (κ1) is 11.7. The summed E-state index contributed by atoms with van der Waals surface area (Å²) < 4.78 is 10.7. The highest BCUT2D eigenvalue weighted by Crippen LogP contribution is 2.15. The number of furan rings is 1. The molecule has 0 aliphatic carbocycles. The van der Waals surface area contributed by atoms with Crippen LogP contribution in [-0.2, 0) is 11.2 Å². The van der Waals surface area contributed by atoms with E-state index in [1.807, 2.05) is 12.1 Å². The van der Waals surface area contributed by atoms with E-state index in [1.54, 1.807) is 6.26 Å². The highest BCUT2D eigenvalue weighted by molar-refractivity contribution is 4.99. The summed E-state index contributed by atoms with van der Waals surface area (Å²) in [6.45, 7) is 5.18. The molecule has 1 aliphatic heterocycles. The van der Waals surface area contributed by atoms with Crippen LogP contribution >= 0.6 is 0 Å². The van der Waals surface area contributed by atoms with Gasteiger partial charge >= 0.3 is 0 Å². The van der Waals surface area contributed by atoms with Crippen LogP contribution < -0.4 is 5.32 Å². The van der Waals surface area contributed by atoms with Crippen LogP contribution in [0.3, 0.4) is 0 Å². The fourth-order valence-corrected chi connectivity index (χ4v) is 2.15. The van der Waals surface area contributed by atoms with Gasteiger partial charge in [0, 0.05) is 25.7 Å². The molecule has 1 aromatic rings. The molecular weight excluding hydrogens is 202 g/mol. The van der Waals surface area contributed by atoms with Gasteiger partial charge in [0.2, 0.25) is 0 Å². The predicted octanol–water partition coefficient (Wildman–Crippen LogP) is 2.23. The van der Waals surface area contributed by atoms with Gasteiger partial charge < -0.3 is 14.5 Å². The van der Waals surface area contributed by atoms with Crippen LogP contribution in [0.2, 0.25) is 0 Å². The van der Waals surface area contributed by atoms with E-state index in [4.69, 9.17) is 9.15 Å². The Kier molecular flexibility index (Phi) is 4.43. The lowest BCUT2D eigenvalue weighted by Gasteiger charge is -2.14. The Hall–Kier alpha value is -0.800. The lowest BCUT2D eigenvalue weighted by Crippen LogP contribution is -2.30. The fourth-order valence-electron chi connectivity index (χ4n) is 2.15. The van der Waals surface area contributed by atoms with Gasteiger partial charge in [0.25, 0.3) is 0 Å². The Morgan fingerprint density at radius 1 is 1.56 bits per heavy atom. The van der Waals surface area contributed by atoms with E-state index in [-0.39, 0.29) is 0 Å². The van der Waals surface area contributed by atoms with Gasteiger partial charge in [-0.05, 0) is 44.4 Å². The van der Waals surface area contributed by atoms with Gasteiger partial charge in [-0.25, -0.2) is 0 Å². The van der Waals surface area contributed by atoms with Crippen molar-refractivity contribution in [3.63, 3.8) is 0 Å². The molecule has 2 unspecified atom stereocenters. The summed E-state index contributed by atoms with van der Waals surface area (Å²) in [5.41, 5.74) is 0. The highest BCUT2D eigenvalue weighted by atomic mass is 16.5. The number of hydrogen-bond donors (Lipinski definition) is 1. The maximum Gasteiger partial charge on any atom is 0.105 e. The molecule has 3 nitrogen and oxygen atoms in total.